The van der Waals surface area contributed by atoms with E-state index in [2.05, 4.69) is 43.6 Å². The number of aryl methyl sites for hydroxylation is 1. The summed E-state index contributed by atoms with van der Waals surface area (Å²) >= 11 is 9.56. The summed E-state index contributed by atoms with van der Waals surface area (Å²) in [5, 5.41) is 0. The van der Waals surface area contributed by atoms with Gasteiger partial charge in [-0.1, -0.05) is 15.9 Å². The SMILES string of the molecule is ClCCc1nc2cc(Br)ccc2n1C1CCN2CCCC12. The smallest absolute Gasteiger partial charge is 0.111 e. The summed E-state index contributed by atoms with van der Waals surface area (Å²) in [6.45, 7) is 2.50. The third kappa shape index (κ3) is 2.32. The fraction of sp³-hybridized carbons (Fsp3) is 0.562. The van der Waals surface area contributed by atoms with E-state index in [1.807, 2.05) is 0 Å². The van der Waals surface area contributed by atoms with Gasteiger partial charge in [0.15, 0.2) is 0 Å². The number of halogens is 2. The van der Waals surface area contributed by atoms with Crippen LogP contribution in [0.15, 0.2) is 22.7 Å². The molecule has 1 aromatic carbocycles. The zero-order valence-electron chi connectivity index (χ0n) is 11.9. The number of hydrogen-bond donors (Lipinski definition) is 0. The Balaban J connectivity index is 1.83. The van der Waals surface area contributed by atoms with E-state index in [1.54, 1.807) is 0 Å². The van der Waals surface area contributed by atoms with Crippen molar-refractivity contribution >= 4 is 38.6 Å². The fourth-order valence-corrected chi connectivity index (χ4v) is 4.63. The zero-order valence-corrected chi connectivity index (χ0v) is 14.3. The average molecular weight is 369 g/mol. The third-order valence-electron chi connectivity index (χ3n) is 4.94. The van der Waals surface area contributed by atoms with Crippen LogP contribution in [0.4, 0.5) is 0 Å². The van der Waals surface area contributed by atoms with Gasteiger partial charge >= 0.3 is 0 Å². The first kappa shape index (κ1) is 14.0. The van der Waals surface area contributed by atoms with Crippen molar-refractivity contribution in [3.63, 3.8) is 0 Å². The summed E-state index contributed by atoms with van der Waals surface area (Å²) in [5.74, 6) is 1.78. The van der Waals surface area contributed by atoms with Crippen LogP contribution in [0.5, 0.6) is 0 Å². The van der Waals surface area contributed by atoms with E-state index in [0.717, 1.165) is 22.2 Å². The van der Waals surface area contributed by atoms with Crippen LogP contribution in [0.3, 0.4) is 0 Å². The molecule has 0 bridgehead atoms. The van der Waals surface area contributed by atoms with Crippen LogP contribution in [0.25, 0.3) is 11.0 Å². The maximum absolute atomic E-state index is 6.01. The number of alkyl halides is 1. The summed E-state index contributed by atoms with van der Waals surface area (Å²) in [7, 11) is 0. The van der Waals surface area contributed by atoms with Gasteiger partial charge in [-0.05, 0) is 44.0 Å². The van der Waals surface area contributed by atoms with Gasteiger partial charge in [0.25, 0.3) is 0 Å². The van der Waals surface area contributed by atoms with E-state index in [-0.39, 0.29) is 0 Å². The summed E-state index contributed by atoms with van der Waals surface area (Å²) in [5.41, 5.74) is 2.35. The standard InChI is InChI=1S/C16H19BrClN3/c17-11-3-4-13-12(10-11)19-16(5-7-18)21(13)15-6-9-20-8-1-2-14(15)20/h3-4,10,14-15H,1-2,5-9H2. The summed E-state index contributed by atoms with van der Waals surface area (Å²) in [6.07, 6.45) is 4.74. The molecule has 0 spiro atoms. The second kappa shape index (κ2) is 5.56. The molecule has 2 fully saturated rings. The topological polar surface area (TPSA) is 21.1 Å². The fourth-order valence-electron chi connectivity index (χ4n) is 4.11. The van der Waals surface area contributed by atoms with Crippen LogP contribution in [0, 0.1) is 0 Å². The molecule has 0 N–H and O–H groups in total. The van der Waals surface area contributed by atoms with Crippen molar-refractivity contribution in [2.45, 2.75) is 37.8 Å². The molecular formula is C16H19BrClN3. The molecular weight excluding hydrogens is 350 g/mol. The maximum atomic E-state index is 6.01. The number of aromatic nitrogens is 2. The number of nitrogens with zero attached hydrogens (tertiary/aromatic N) is 3. The second-order valence-electron chi connectivity index (χ2n) is 6.07. The van der Waals surface area contributed by atoms with Gasteiger partial charge in [-0.2, -0.15) is 0 Å². The maximum Gasteiger partial charge on any atom is 0.111 e. The molecule has 5 heteroatoms. The molecule has 3 heterocycles. The molecule has 0 aliphatic carbocycles. The van der Waals surface area contributed by atoms with Gasteiger partial charge in [-0.3, -0.25) is 4.90 Å². The van der Waals surface area contributed by atoms with Crippen LogP contribution in [-0.4, -0.2) is 39.5 Å². The van der Waals surface area contributed by atoms with Crippen molar-refractivity contribution in [1.82, 2.24) is 14.5 Å². The van der Waals surface area contributed by atoms with Gasteiger partial charge in [0, 0.05) is 29.4 Å². The first-order valence-corrected chi connectivity index (χ1v) is 9.07. The zero-order chi connectivity index (χ0) is 14.4. The van der Waals surface area contributed by atoms with Gasteiger partial charge in [0.05, 0.1) is 17.1 Å². The van der Waals surface area contributed by atoms with Gasteiger partial charge in [-0.15, -0.1) is 11.6 Å². The highest BCUT2D eigenvalue weighted by Crippen LogP contribution is 2.39. The molecule has 21 heavy (non-hydrogen) atoms. The van der Waals surface area contributed by atoms with Gasteiger partial charge < -0.3 is 4.57 Å². The molecule has 2 unspecified atom stereocenters. The highest BCUT2D eigenvalue weighted by Gasteiger charge is 2.39. The van der Waals surface area contributed by atoms with E-state index in [4.69, 9.17) is 16.6 Å². The first-order valence-electron chi connectivity index (χ1n) is 7.74. The number of fused-ring (bicyclic) bond motifs is 2. The van der Waals surface area contributed by atoms with Crippen LogP contribution in [-0.2, 0) is 6.42 Å². The molecule has 2 aromatic rings. The monoisotopic (exact) mass is 367 g/mol. The Morgan fingerprint density at radius 1 is 1.24 bits per heavy atom. The largest absolute Gasteiger partial charge is 0.323 e. The lowest BCUT2D eigenvalue weighted by Crippen LogP contribution is -2.28. The van der Waals surface area contributed by atoms with Crippen LogP contribution in [0.2, 0.25) is 0 Å². The summed E-state index contributed by atoms with van der Waals surface area (Å²) < 4.78 is 3.58. The van der Waals surface area contributed by atoms with Crippen molar-refractivity contribution in [2.24, 2.45) is 0 Å². The Labute approximate surface area is 138 Å². The molecule has 0 saturated carbocycles. The van der Waals surface area contributed by atoms with E-state index in [1.165, 1.54) is 37.9 Å². The van der Waals surface area contributed by atoms with E-state index >= 15 is 0 Å². The molecule has 112 valence electrons. The Hall–Kier alpha value is -0.580. The lowest BCUT2D eigenvalue weighted by molar-refractivity contribution is 0.290. The van der Waals surface area contributed by atoms with Crippen molar-refractivity contribution in [2.75, 3.05) is 19.0 Å². The molecule has 3 nitrogen and oxygen atoms in total. The summed E-state index contributed by atoms with van der Waals surface area (Å²) in [4.78, 5) is 7.50. The van der Waals surface area contributed by atoms with Crippen LogP contribution < -0.4 is 0 Å². The van der Waals surface area contributed by atoms with Crippen molar-refractivity contribution in [1.29, 1.82) is 0 Å². The van der Waals surface area contributed by atoms with E-state index in [9.17, 15) is 0 Å². The minimum Gasteiger partial charge on any atom is -0.323 e. The van der Waals surface area contributed by atoms with Gasteiger partial charge in [0.2, 0.25) is 0 Å². The van der Waals surface area contributed by atoms with E-state index in [0.29, 0.717) is 18.0 Å². The van der Waals surface area contributed by atoms with E-state index < -0.39 is 0 Å². The predicted octanol–water partition coefficient (Wildman–Crippen LogP) is 3.99. The van der Waals surface area contributed by atoms with Gasteiger partial charge in [-0.25, -0.2) is 4.98 Å². The normalized spacial score (nSPS) is 25.8. The second-order valence-corrected chi connectivity index (χ2v) is 7.37. The van der Waals surface area contributed by atoms with Crippen LogP contribution >= 0.6 is 27.5 Å². The Kier molecular flexibility index (Phi) is 3.72. The van der Waals surface area contributed by atoms with Gasteiger partial charge in [0.1, 0.15) is 5.82 Å². The molecule has 2 saturated heterocycles. The lowest BCUT2D eigenvalue weighted by Gasteiger charge is -2.24. The molecule has 2 aliphatic heterocycles. The molecule has 2 aliphatic rings. The Morgan fingerprint density at radius 3 is 3.00 bits per heavy atom. The third-order valence-corrected chi connectivity index (χ3v) is 5.63. The minimum atomic E-state index is 0.567. The highest BCUT2D eigenvalue weighted by atomic mass is 79.9. The van der Waals surface area contributed by atoms with Crippen LogP contribution in [0.1, 0.15) is 31.1 Å². The number of hydrogen-bond acceptors (Lipinski definition) is 2. The average Bonchev–Trinajstić information content (AvgIpc) is 3.12. The highest BCUT2D eigenvalue weighted by molar-refractivity contribution is 9.10. The predicted molar refractivity (Wildman–Crippen MR) is 90.1 cm³/mol. The Morgan fingerprint density at radius 2 is 2.14 bits per heavy atom. The molecule has 4 rings (SSSR count). The van der Waals surface area contributed by atoms with Crippen molar-refractivity contribution < 1.29 is 0 Å². The number of benzene rings is 1. The van der Waals surface area contributed by atoms with Crippen molar-refractivity contribution in [3.8, 4) is 0 Å². The first-order chi connectivity index (χ1) is 10.3. The molecule has 1 aromatic heterocycles. The number of rotatable bonds is 3. The number of imidazole rings is 1. The molecule has 2 atom stereocenters. The molecule has 0 amide bonds. The Bertz CT molecular complexity index is 669. The quantitative estimate of drug-likeness (QED) is 0.764. The molecule has 0 radical (unpaired) electrons. The minimum absolute atomic E-state index is 0.567. The lowest BCUT2D eigenvalue weighted by atomic mass is 10.1. The van der Waals surface area contributed by atoms with Crippen molar-refractivity contribution in [3.05, 3.63) is 28.5 Å². The summed E-state index contributed by atoms with van der Waals surface area (Å²) in [6, 6.07) is 7.69.